The Morgan fingerprint density at radius 2 is 1.45 bits per heavy atom. The lowest BCUT2D eigenvalue weighted by Gasteiger charge is -2.09. The second kappa shape index (κ2) is 9.14. The molecule has 8 heteroatoms. The van der Waals surface area contributed by atoms with Crippen LogP contribution in [0.3, 0.4) is 0 Å². The van der Waals surface area contributed by atoms with Crippen LogP contribution in [0.1, 0.15) is 26.3 Å². The lowest BCUT2D eigenvalue weighted by atomic mass is 10.2. The van der Waals surface area contributed by atoms with E-state index in [1.807, 2.05) is 30.3 Å². The zero-order valence-electron chi connectivity index (χ0n) is 15.2. The van der Waals surface area contributed by atoms with Crippen molar-refractivity contribution >= 4 is 17.5 Å². The van der Waals surface area contributed by atoms with Gasteiger partial charge in [0, 0.05) is 11.6 Å². The largest absolute Gasteiger partial charge is 0.489 e. The number of hydrazine groups is 1. The van der Waals surface area contributed by atoms with Crippen molar-refractivity contribution in [2.45, 2.75) is 6.61 Å². The molecule has 0 saturated carbocycles. The summed E-state index contributed by atoms with van der Waals surface area (Å²) in [5, 5.41) is 11.0. The quantitative estimate of drug-likeness (QED) is 0.495. The fraction of sp³-hybridized carbons (Fsp3) is 0.0476. The third-order valence-electron chi connectivity index (χ3n) is 4.00. The van der Waals surface area contributed by atoms with Crippen molar-refractivity contribution in [1.29, 1.82) is 0 Å². The van der Waals surface area contributed by atoms with Gasteiger partial charge in [0.25, 0.3) is 17.5 Å². The molecule has 0 fully saturated rings. The molecule has 0 unspecified atom stereocenters. The number of nitrogens with zero attached hydrogens (tertiary/aromatic N) is 1. The van der Waals surface area contributed by atoms with Gasteiger partial charge in [0.15, 0.2) is 0 Å². The van der Waals surface area contributed by atoms with E-state index in [0.29, 0.717) is 17.9 Å². The number of hydrogen-bond acceptors (Lipinski definition) is 5. The van der Waals surface area contributed by atoms with E-state index in [4.69, 9.17) is 4.74 Å². The van der Waals surface area contributed by atoms with Crippen LogP contribution >= 0.6 is 0 Å². The molecular weight excluding hydrogens is 374 g/mol. The van der Waals surface area contributed by atoms with Gasteiger partial charge in [-0.1, -0.05) is 42.5 Å². The number of nitrogens with one attached hydrogen (secondary N) is 2. The Morgan fingerprint density at radius 3 is 2.14 bits per heavy atom. The summed E-state index contributed by atoms with van der Waals surface area (Å²) in [6, 6.07) is 21.5. The second-order valence-electron chi connectivity index (χ2n) is 5.98. The van der Waals surface area contributed by atoms with Crippen molar-refractivity contribution in [1.82, 2.24) is 10.9 Å². The summed E-state index contributed by atoms with van der Waals surface area (Å²) in [5.41, 5.74) is 5.23. The van der Waals surface area contributed by atoms with Crippen molar-refractivity contribution in [3.63, 3.8) is 0 Å². The van der Waals surface area contributed by atoms with E-state index in [1.165, 1.54) is 24.3 Å². The molecule has 0 atom stereocenters. The van der Waals surface area contributed by atoms with Gasteiger partial charge in [0.05, 0.1) is 4.92 Å². The second-order valence-corrected chi connectivity index (χ2v) is 5.98. The SMILES string of the molecule is O=C(NNC(=O)c1ccccc1[N+](=O)[O-])c1ccc(OCc2ccccc2)cc1. The van der Waals surface area contributed by atoms with E-state index >= 15 is 0 Å². The smallest absolute Gasteiger partial charge is 0.282 e. The van der Waals surface area contributed by atoms with Gasteiger partial charge in [0.2, 0.25) is 0 Å². The van der Waals surface area contributed by atoms with Gasteiger partial charge >= 0.3 is 0 Å². The Balaban J connectivity index is 1.56. The number of carbonyl (C=O) groups excluding carboxylic acids is 2. The molecule has 0 radical (unpaired) electrons. The Kier molecular flexibility index (Phi) is 6.16. The maximum Gasteiger partial charge on any atom is 0.282 e. The number of amides is 2. The van der Waals surface area contributed by atoms with E-state index in [1.54, 1.807) is 24.3 Å². The van der Waals surface area contributed by atoms with Gasteiger partial charge in [-0.2, -0.15) is 0 Å². The molecule has 3 aromatic carbocycles. The third kappa shape index (κ3) is 5.16. The molecule has 0 aliphatic rings. The summed E-state index contributed by atoms with van der Waals surface area (Å²) in [6.45, 7) is 0.401. The van der Waals surface area contributed by atoms with Gasteiger partial charge < -0.3 is 4.74 Å². The molecule has 3 rings (SSSR count). The normalized spacial score (nSPS) is 10.1. The number of carbonyl (C=O) groups is 2. The highest BCUT2D eigenvalue weighted by Gasteiger charge is 2.19. The number of para-hydroxylation sites is 1. The molecule has 0 aromatic heterocycles. The molecule has 146 valence electrons. The molecule has 29 heavy (non-hydrogen) atoms. The molecule has 0 spiro atoms. The van der Waals surface area contributed by atoms with E-state index in [-0.39, 0.29) is 11.3 Å². The lowest BCUT2D eigenvalue weighted by molar-refractivity contribution is -0.385. The topological polar surface area (TPSA) is 111 Å². The number of rotatable bonds is 6. The number of benzene rings is 3. The van der Waals surface area contributed by atoms with Crippen molar-refractivity contribution in [2.75, 3.05) is 0 Å². The maximum atomic E-state index is 12.2. The van der Waals surface area contributed by atoms with Gasteiger partial charge in [0.1, 0.15) is 17.9 Å². The van der Waals surface area contributed by atoms with Crippen LogP contribution in [0, 0.1) is 10.1 Å². The molecule has 2 amide bonds. The standard InChI is InChI=1S/C21H17N3O5/c25-20(22-23-21(26)18-8-4-5-9-19(18)24(27)28)16-10-12-17(13-11-16)29-14-15-6-2-1-3-7-15/h1-13H,14H2,(H,22,25)(H,23,26). The minimum absolute atomic E-state index is 0.151. The highest BCUT2D eigenvalue weighted by atomic mass is 16.6. The van der Waals surface area contributed by atoms with E-state index < -0.39 is 16.7 Å². The van der Waals surface area contributed by atoms with Crippen molar-refractivity contribution in [3.8, 4) is 5.75 Å². The molecule has 2 N–H and O–H groups in total. The summed E-state index contributed by atoms with van der Waals surface area (Å²) >= 11 is 0. The van der Waals surface area contributed by atoms with Crippen molar-refractivity contribution in [3.05, 3.63) is 106 Å². The minimum Gasteiger partial charge on any atom is -0.489 e. The van der Waals surface area contributed by atoms with E-state index in [2.05, 4.69) is 10.9 Å². The summed E-state index contributed by atoms with van der Waals surface area (Å²) in [4.78, 5) is 34.6. The summed E-state index contributed by atoms with van der Waals surface area (Å²) in [5.74, 6) is -0.755. The Bertz CT molecular complexity index is 1020. The maximum absolute atomic E-state index is 12.2. The molecule has 0 aliphatic carbocycles. The molecule has 0 heterocycles. The van der Waals surface area contributed by atoms with Crippen LogP contribution in [0.15, 0.2) is 78.9 Å². The van der Waals surface area contributed by atoms with Crippen LogP contribution in [-0.2, 0) is 6.61 Å². The van der Waals surface area contributed by atoms with Crippen LogP contribution < -0.4 is 15.6 Å². The monoisotopic (exact) mass is 391 g/mol. The number of nitro groups is 1. The molecule has 0 bridgehead atoms. The third-order valence-corrected chi connectivity index (χ3v) is 4.00. The lowest BCUT2D eigenvalue weighted by Crippen LogP contribution is -2.41. The molecule has 8 nitrogen and oxygen atoms in total. The highest BCUT2D eigenvalue weighted by Crippen LogP contribution is 2.17. The number of hydrogen-bond donors (Lipinski definition) is 2. The van der Waals surface area contributed by atoms with Crippen LogP contribution in [0.4, 0.5) is 5.69 Å². The zero-order chi connectivity index (χ0) is 20.6. The zero-order valence-corrected chi connectivity index (χ0v) is 15.2. The predicted molar refractivity (Wildman–Crippen MR) is 105 cm³/mol. The van der Waals surface area contributed by atoms with Gasteiger partial charge in [-0.05, 0) is 35.9 Å². The van der Waals surface area contributed by atoms with Crippen molar-refractivity contribution < 1.29 is 19.2 Å². The summed E-state index contributed by atoms with van der Waals surface area (Å²) < 4.78 is 5.65. The first-order chi connectivity index (χ1) is 14.0. The number of ether oxygens (including phenoxy) is 1. The molecular formula is C21H17N3O5. The van der Waals surface area contributed by atoms with Crippen LogP contribution in [0.25, 0.3) is 0 Å². The van der Waals surface area contributed by atoms with Crippen LogP contribution in [0.2, 0.25) is 0 Å². The molecule has 0 saturated heterocycles. The number of nitro benzene ring substituents is 1. The van der Waals surface area contributed by atoms with Gasteiger partial charge in [-0.3, -0.25) is 30.6 Å². The average molecular weight is 391 g/mol. The van der Waals surface area contributed by atoms with Gasteiger partial charge in [-0.25, -0.2) is 0 Å². The first kappa shape index (κ1) is 19.6. The van der Waals surface area contributed by atoms with E-state index in [9.17, 15) is 19.7 Å². The summed E-state index contributed by atoms with van der Waals surface area (Å²) in [7, 11) is 0. The Hall–Kier alpha value is -4.20. The highest BCUT2D eigenvalue weighted by molar-refractivity contribution is 6.01. The molecule has 3 aromatic rings. The minimum atomic E-state index is -0.784. The molecule has 0 aliphatic heterocycles. The predicted octanol–water partition coefficient (Wildman–Crippen LogP) is 3.25. The van der Waals surface area contributed by atoms with Crippen molar-refractivity contribution in [2.24, 2.45) is 0 Å². The summed E-state index contributed by atoms with van der Waals surface area (Å²) in [6.07, 6.45) is 0. The van der Waals surface area contributed by atoms with Gasteiger partial charge in [-0.15, -0.1) is 0 Å². The average Bonchev–Trinajstić information content (AvgIpc) is 2.76. The Morgan fingerprint density at radius 1 is 0.828 bits per heavy atom. The fourth-order valence-corrected chi connectivity index (χ4v) is 2.52. The van der Waals surface area contributed by atoms with Crippen LogP contribution in [-0.4, -0.2) is 16.7 Å². The first-order valence-corrected chi connectivity index (χ1v) is 8.65. The van der Waals surface area contributed by atoms with E-state index in [0.717, 1.165) is 5.56 Å². The Labute approximate surface area is 166 Å². The first-order valence-electron chi connectivity index (χ1n) is 8.65. The van der Waals surface area contributed by atoms with Crippen LogP contribution in [0.5, 0.6) is 5.75 Å². The fourth-order valence-electron chi connectivity index (χ4n) is 2.52.